The number of fused-ring (bicyclic) bond motifs is 1. The summed E-state index contributed by atoms with van der Waals surface area (Å²) < 4.78 is 34.4. The van der Waals surface area contributed by atoms with E-state index in [0.29, 0.717) is 18.0 Å². The van der Waals surface area contributed by atoms with E-state index in [1.54, 1.807) is 48.5 Å². The Hall–Kier alpha value is -2.97. The van der Waals surface area contributed by atoms with E-state index in [1.807, 2.05) is 26.2 Å². The number of para-hydroxylation sites is 2. The molecule has 0 saturated heterocycles. The fraction of sp³-hybridized carbons (Fsp3) is 0.321. The predicted molar refractivity (Wildman–Crippen MR) is 145 cm³/mol. The van der Waals surface area contributed by atoms with Crippen LogP contribution in [0.5, 0.6) is 5.75 Å². The minimum Gasteiger partial charge on any atom is -0.492 e. The van der Waals surface area contributed by atoms with Crippen molar-refractivity contribution in [2.75, 3.05) is 23.7 Å². The smallest absolute Gasteiger partial charge is 0.264 e. The van der Waals surface area contributed by atoms with Crippen molar-refractivity contribution in [2.45, 2.75) is 48.9 Å². The first-order valence-electron chi connectivity index (χ1n) is 12.1. The largest absolute Gasteiger partial charge is 0.492 e. The topological polar surface area (TPSA) is 75.7 Å². The summed E-state index contributed by atoms with van der Waals surface area (Å²) in [7, 11) is -4.04. The van der Waals surface area contributed by atoms with E-state index in [-0.39, 0.29) is 17.5 Å². The van der Waals surface area contributed by atoms with E-state index in [1.165, 1.54) is 22.9 Å². The number of carbonyl (C=O) groups is 1. The van der Waals surface area contributed by atoms with Crippen LogP contribution < -0.4 is 14.4 Å². The van der Waals surface area contributed by atoms with Gasteiger partial charge in [0.25, 0.3) is 10.0 Å². The molecule has 1 aliphatic rings. The Morgan fingerprint density at radius 3 is 2.50 bits per heavy atom. The van der Waals surface area contributed by atoms with Crippen molar-refractivity contribution < 1.29 is 17.9 Å². The number of aryl methyl sites for hydroxylation is 2. The highest BCUT2D eigenvalue weighted by Crippen LogP contribution is 2.33. The van der Waals surface area contributed by atoms with Crippen LogP contribution in [0.4, 0.5) is 5.69 Å². The fourth-order valence-corrected chi connectivity index (χ4v) is 6.32. The minimum atomic E-state index is -4.04. The maximum absolute atomic E-state index is 13.8. The number of rotatable bonds is 10. The van der Waals surface area contributed by atoms with Gasteiger partial charge in [0.05, 0.1) is 23.2 Å². The third-order valence-electron chi connectivity index (χ3n) is 6.37. The number of ether oxygens (including phenoxy) is 1. The number of anilines is 1. The molecule has 0 aromatic heterocycles. The Balaban J connectivity index is 1.62. The first kappa shape index (κ1) is 26.1. The summed E-state index contributed by atoms with van der Waals surface area (Å²) in [6.45, 7) is 3.76. The number of nitrogens with zero attached hydrogens (tertiary/aromatic N) is 1. The molecule has 0 aliphatic heterocycles. The zero-order valence-corrected chi connectivity index (χ0v) is 22.5. The molecular weight excluding hydrogens is 492 g/mol. The molecule has 0 spiro atoms. The van der Waals surface area contributed by atoms with Crippen LogP contribution in [-0.2, 0) is 27.7 Å². The van der Waals surface area contributed by atoms with Crippen LogP contribution in [0.2, 0.25) is 0 Å². The van der Waals surface area contributed by atoms with Gasteiger partial charge in [-0.3, -0.25) is 9.10 Å². The predicted octanol–water partition coefficient (Wildman–Crippen LogP) is 5.37. The van der Waals surface area contributed by atoms with E-state index in [2.05, 4.69) is 17.4 Å². The molecule has 1 unspecified atom stereocenters. The van der Waals surface area contributed by atoms with E-state index in [0.717, 1.165) is 34.0 Å². The van der Waals surface area contributed by atoms with Gasteiger partial charge in [0.15, 0.2) is 0 Å². The number of nitrogens with one attached hydrogen (secondary N) is 1. The van der Waals surface area contributed by atoms with Crippen molar-refractivity contribution in [3.05, 3.63) is 83.4 Å². The first-order chi connectivity index (χ1) is 17.3. The second-order valence-electron chi connectivity index (χ2n) is 8.76. The van der Waals surface area contributed by atoms with Crippen molar-refractivity contribution >= 4 is 33.4 Å². The quantitative estimate of drug-likeness (QED) is 0.361. The van der Waals surface area contributed by atoms with Crippen molar-refractivity contribution in [2.24, 2.45) is 0 Å². The van der Waals surface area contributed by atoms with Gasteiger partial charge in [-0.25, -0.2) is 8.42 Å². The van der Waals surface area contributed by atoms with Crippen molar-refractivity contribution in [1.29, 1.82) is 0 Å². The lowest BCUT2D eigenvalue weighted by molar-refractivity contribution is -0.120. The Kier molecular flexibility index (Phi) is 8.26. The molecular formula is C28H32N2O4S2. The van der Waals surface area contributed by atoms with Crippen LogP contribution in [-0.4, -0.2) is 33.7 Å². The second-order valence-corrected chi connectivity index (χ2v) is 11.5. The number of thioether (sulfide) groups is 1. The van der Waals surface area contributed by atoms with Gasteiger partial charge in [0.2, 0.25) is 5.91 Å². The zero-order valence-electron chi connectivity index (χ0n) is 20.9. The molecule has 0 saturated carbocycles. The molecule has 4 rings (SSSR count). The monoisotopic (exact) mass is 524 g/mol. The van der Waals surface area contributed by atoms with Crippen molar-refractivity contribution in [1.82, 2.24) is 5.32 Å². The van der Waals surface area contributed by atoms with Gasteiger partial charge in [-0.2, -0.15) is 0 Å². The lowest BCUT2D eigenvalue weighted by Gasteiger charge is -2.27. The van der Waals surface area contributed by atoms with Gasteiger partial charge in [-0.05, 0) is 92.5 Å². The Morgan fingerprint density at radius 1 is 1.06 bits per heavy atom. The van der Waals surface area contributed by atoms with Gasteiger partial charge in [0, 0.05) is 4.90 Å². The van der Waals surface area contributed by atoms with E-state index < -0.39 is 15.9 Å². The molecule has 6 nitrogen and oxygen atoms in total. The molecule has 0 heterocycles. The average molecular weight is 525 g/mol. The molecule has 8 heteroatoms. The lowest BCUT2D eigenvalue weighted by atomic mass is 10.0. The normalized spacial score (nSPS) is 13.6. The van der Waals surface area contributed by atoms with Crippen LogP contribution >= 0.6 is 11.8 Å². The standard InChI is InChI=1S/C28H32N2O4S2/c1-4-34-27-11-6-5-10-26(27)30(36(32,33)25-16-14-24(35-3)15-17-25)19-28(31)29-20(2)22-13-12-21-8-7-9-23(21)18-22/h5-6,10-18,20H,4,7-9,19H2,1-3H3,(H,29,31). The molecule has 0 radical (unpaired) electrons. The third-order valence-corrected chi connectivity index (χ3v) is 8.89. The van der Waals surface area contributed by atoms with Crippen LogP contribution in [0.15, 0.2) is 76.5 Å². The highest BCUT2D eigenvalue weighted by molar-refractivity contribution is 7.98. The van der Waals surface area contributed by atoms with Gasteiger partial charge < -0.3 is 10.1 Å². The summed E-state index contributed by atoms with van der Waals surface area (Å²) >= 11 is 1.53. The SMILES string of the molecule is CCOc1ccccc1N(CC(=O)NC(C)c1ccc2c(c1)CCC2)S(=O)(=O)c1ccc(SC)cc1. The summed E-state index contributed by atoms with van der Waals surface area (Å²) in [5.74, 6) is 0.0161. The average Bonchev–Trinajstić information content (AvgIpc) is 3.36. The van der Waals surface area contributed by atoms with Crippen LogP contribution in [0.3, 0.4) is 0 Å². The summed E-state index contributed by atoms with van der Waals surface area (Å²) in [5.41, 5.74) is 4.04. The number of sulfonamides is 1. The molecule has 3 aromatic rings. The summed E-state index contributed by atoms with van der Waals surface area (Å²) in [6, 6.07) is 19.6. The molecule has 1 atom stereocenters. The summed E-state index contributed by atoms with van der Waals surface area (Å²) in [6.07, 6.45) is 5.24. The van der Waals surface area contributed by atoms with E-state index in [9.17, 15) is 13.2 Å². The molecule has 3 aromatic carbocycles. The minimum absolute atomic E-state index is 0.117. The maximum atomic E-state index is 13.8. The number of benzene rings is 3. The van der Waals surface area contributed by atoms with Gasteiger partial charge >= 0.3 is 0 Å². The number of amides is 1. The van der Waals surface area contributed by atoms with Crippen molar-refractivity contribution in [3.63, 3.8) is 0 Å². The van der Waals surface area contributed by atoms with E-state index in [4.69, 9.17) is 4.74 Å². The molecule has 0 fully saturated rings. The molecule has 36 heavy (non-hydrogen) atoms. The molecule has 1 amide bonds. The third kappa shape index (κ3) is 5.71. The molecule has 190 valence electrons. The Bertz CT molecular complexity index is 1320. The number of carbonyl (C=O) groups excluding carboxylic acids is 1. The fourth-order valence-electron chi connectivity index (χ4n) is 4.48. The van der Waals surface area contributed by atoms with Crippen LogP contribution in [0.25, 0.3) is 0 Å². The van der Waals surface area contributed by atoms with Gasteiger partial charge in [0.1, 0.15) is 12.3 Å². The summed E-state index contributed by atoms with van der Waals surface area (Å²) in [4.78, 5) is 14.3. The Labute approximate surface area is 218 Å². The molecule has 1 N–H and O–H groups in total. The Morgan fingerprint density at radius 2 is 1.78 bits per heavy atom. The van der Waals surface area contributed by atoms with E-state index >= 15 is 0 Å². The second kappa shape index (κ2) is 11.4. The number of hydrogen-bond acceptors (Lipinski definition) is 5. The highest BCUT2D eigenvalue weighted by Gasteiger charge is 2.30. The summed E-state index contributed by atoms with van der Waals surface area (Å²) in [5, 5.41) is 2.99. The first-order valence-corrected chi connectivity index (χ1v) is 14.8. The van der Waals surface area contributed by atoms with Gasteiger partial charge in [-0.1, -0.05) is 30.3 Å². The zero-order chi connectivity index (χ0) is 25.7. The number of hydrogen-bond donors (Lipinski definition) is 1. The van der Waals surface area contributed by atoms with Gasteiger partial charge in [-0.15, -0.1) is 11.8 Å². The van der Waals surface area contributed by atoms with Crippen molar-refractivity contribution in [3.8, 4) is 5.75 Å². The lowest BCUT2D eigenvalue weighted by Crippen LogP contribution is -2.41. The highest BCUT2D eigenvalue weighted by atomic mass is 32.2. The molecule has 1 aliphatic carbocycles. The molecule has 0 bridgehead atoms. The van der Waals surface area contributed by atoms with Crippen LogP contribution in [0, 0.1) is 0 Å². The van der Waals surface area contributed by atoms with Crippen LogP contribution in [0.1, 0.15) is 43.0 Å². The maximum Gasteiger partial charge on any atom is 0.264 e.